The molecule has 0 saturated carbocycles. The maximum absolute atomic E-state index is 13.5. The van der Waals surface area contributed by atoms with Gasteiger partial charge in [0.05, 0.1) is 6.21 Å². The summed E-state index contributed by atoms with van der Waals surface area (Å²) >= 11 is 0. The molecule has 0 saturated heterocycles. The Kier molecular flexibility index (Phi) is 5.02. The van der Waals surface area contributed by atoms with E-state index in [4.69, 9.17) is 16.2 Å². The molecule has 5 nitrogen and oxygen atoms in total. The van der Waals surface area contributed by atoms with Crippen molar-refractivity contribution in [3.63, 3.8) is 0 Å². The lowest BCUT2D eigenvalue weighted by Crippen LogP contribution is -2.21. The number of hydrogen-bond donors (Lipinski definition) is 2. The minimum Gasteiger partial charge on any atom is -0.486 e. The molecule has 7 heteroatoms. The van der Waals surface area contributed by atoms with Gasteiger partial charge in [0, 0.05) is 0 Å². The molecule has 2 aromatic carbocycles. The number of nitrogens with two attached hydrogens (primary N) is 2. The lowest BCUT2D eigenvalue weighted by atomic mass is 10.1. The zero-order valence-corrected chi connectivity index (χ0v) is 11.5. The van der Waals surface area contributed by atoms with Gasteiger partial charge in [-0.15, -0.1) is 5.10 Å². The topological polar surface area (TPSA) is 86.0 Å². The summed E-state index contributed by atoms with van der Waals surface area (Å²) in [7, 11) is 0. The Morgan fingerprint density at radius 1 is 1.14 bits per heavy atom. The summed E-state index contributed by atoms with van der Waals surface area (Å²) < 4.78 is 31.8. The Morgan fingerprint density at radius 2 is 1.91 bits per heavy atom. The molecule has 0 atom stereocenters. The predicted molar refractivity (Wildman–Crippen MR) is 80.5 cm³/mol. The first kappa shape index (κ1) is 15.4. The van der Waals surface area contributed by atoms with Crippen molar-refractivity contribution in [2.24, 2.45) is 21.7 Å². The maximum atomic E-state index is 13.5. The molecule has 0 heterocycles. The van der Waals surface area contributed by atoms with Crippen LogP contribution in [0.5, 0.6) is 5.75 Å². The zero-order chi connectivity index (χ0) is 15.9. The highest BCUT2D eigenvalue weighted by molar-refractivity contribution is 5.81. The molecular formula is C15H14F2N4O. The van der Waals surface area contributed by atoms with E-state index in [1.807, 2.05) is 0 Å². The summed E-state index contributed by atoms with van der Waals surface area (Å²) in [5.74, 6) is -2.24. The lowest BCUT2D eigenvalue weighted by Gasteiger charge is -2.08. The van der Waals surface area contributed by atoms with Crippen LogP contribution in [0, 0.1) is 11.6 Å². The largest absolute Gasteiger partial charge is 0.486 e. The van der Waals surface area contributed by atoms with Crippen LogP contribution in [0.4, 0.5) is 8.78 Å². The van der Waals surface area contributed by atoms with Crippen LogP contribution in [0.2, 0.25) is 0 Å². The molecule has 4 N–H and O–H groups in total. The fourth-order valence-corrected chi connectivity index (χ4v) is 1.68. The fraction of sp³-hybridized carbons (Fsp3) is 0.0667. The number of benzene rings is 2. The Hall–Kier alpha value is -2.96. The minimum atomic E-state index is -1.01. The normalized spacial score (nSPS) is 10.6. The highest BCUT2D eigenvalue weighted by Crippen LogP contribution is 2.20. The van der Waals surface area contributed by atoms with Gasteiger partial charge in [-0.2, -0.15) is 9.49 Å². The van der Waals surface area contributed by atoms with Crippen LogP contribution in [0.3, 0.4) is 0 Å². The smallest absolute Gasteiger partial charge is 0.211 e. The quantitative estimate of drug-likeness (QED) is 0.504. The van der Waals surface area contributed by atoms with Crippen LogP contribution in [0.1, 0.15) is 11.1 Å². The second kappa shape index (κ2) is 7.16. The van der Waals surface area contributed by atoms with Crippen LogP contribution in [0.25, 0.3) is 0 Å². The first-order chi connectivity index (χ1) is 10.6. The van der Waals surface area contributed by atoms with Crippen molar-refractivity contribution in [3.05, 3.63) is 65.2 Å². The Bertz CT molecular complexity index is 712. The standard InChI is InChI=1S/C15H14F2N4O/c16-12-5-2-6-13(14(12)17)22-9-11-4-1-3-10(7-11)8-20-21-15(18)19/h1-8H,9H2,(H4,18,19,21). The van der Waals surface area contributed by atoms with Gasteiger partial charge < -0.3 is 16.2 Å². The molecule has 2 rings (SSSR count). The van der Waals surface area contributed by atoms with Crippen molar-refractivity contribution < 1.29 is 13.5 Å². The molecule has 0 fully saturated rings. The average molecular weight is 304 g/mol. The van der Waals surface area contributed by atoms with E-state index < -0.39 is 11.6 Å². The van der Waals surface area contributed by atoms with Gasteiger partial charge in [0.25, 0.3) is 0 Å². The first-order valence-corrected chi connectivity index (χ1v) is 6.34. The van der Waals surface area contributed by atoms with Crippen molar-refractivity contribution in [3.8, 4) is 5.75 Å². The maximum Gasteiger partial charge on any atom is 0.211 e. The molecular weight excluding hydrogens is 290 g/mol. The van der Waals surface area contributed by atoms with Gasteiger partial charge in [-0.1, -0.05) is 24.3 Å². The van der Waals surface area contributed by atoms with E-state index in [1.54, 1.807) is 24.3 Å². The summed E-state index contributed by atoms with van der Waals surface area (Å²) in [5, 5.41) is 7.17. The molecule has 114 valence electrons. The summed E-state index contributed by atoms with van der Waals surface area (Å²) in [5.41, 5.74) is 11.8. The summed E-state index contributed by atoms with van der Waals surface area (Å²) in [6.07, 6.45) is 1.46. The molecule has 0 amide bonds. The van der Waals surface area contributed by atoms with Crippen LogP contribution in [-0.2, 0) is 6.61 Å². The SMILES string of the molecule is NC(N)=NN=Cc1cccc(COc2cccc(F)c2F)c1. The Balaban J connectivity index is 2.06. The van der Waals surface area contributed by atoms with Gasteiger partial charge >= 0.3 is 0 Å². The highest BCUT2D eigenvalue weighted by atomic mass is 19.2. The lowest BCUT2D eigenvalue weighted by molar-refractivity contribution is 0.284. The van der Waals surface area contributed by atoms with Crippen molar-refractivity contribution in [1.29, 1.82) is 0 Å². The third kappa shape index (κ3) is 4.27. The second-order valence-corrected chi connectivity index (χ2v) is 4.36. The van der Waals surface area contributed by atoms with Crippen LogP contribution < -0.4 is 16.2 Å². The Morgan fingerprint density at radius 3 is 2.68 bits per heavy atom. The van der Waals surface area contributed by atoms with Gasteiger partial charge in [-0.05, 0) is 29.3 Å². The van der Waals surface area contributed by atoms with Crippen molar-refractivity contribution in [1.82, 2.24) is 0 Å². The van der Waals surface area contributed by atoms with Crippen molar-refractivity contribution >= 4 is 12.2 Å². The molecule has 0 aromatic heterocycles. The zero-order valence-electron chi connectivity index (χ0n) is 11.5. The van der Waals surface area contributed by atoms with Crippen LogP contribution in [-0.4, -0.2) is 12.2 Å². The van der Waals surface area contributed by atoms with E-state index in [-0.39, 0.29) is 18.3 Å². The molecule has 0 radical (unpaired) electrons. The third-order valence-electron chi connectivity index (χ3n) is 2.64. The van der Waals surface area contributed by atoms with Gasteiger partial charge in [-0.3, -0.25) is 0 Å². The van der Waals surface area contributed by atoms with Gasteiger partial charge in [0.1, 0.15) is 6.61 Å². The molecule has 2 aromatic rings. The van der Waals surface area contributed by atoms with E-state index in [0.29, 0.717) is 0 Å². The van der Waals surface area contributed by atoms with E-state index in [0.717, 1.165) is 17.2 Å². The monoisotopic (exact) mass is 304 g/mol. The number of halogens is 2. The summed E-state index contributed by atoms with van der Waals surface area (Å²) in [6, 6.07) is 10.9. The minimum absolute atomic E-state index is 0.0876. The van der Waals surface area contributed by atoms with Crippen molar-refractivity contribution in [2.75, 3.05) is 0 Å². The fourth-order valence-electron chi connectivity index (χ4n) is 1.68. The Labute approximate surface area is 125 Å². The number of ether oxygens (including phenoxy) is 1. The van der Waals surface area contributed by atoms with Gasteiger partial charge in [0.15, 0.2) is 11.6 Å². The number of rotatable bonds is 5. The molecule has 0 aliphatic carbocycles. The summed E-state index contributed by atoms with van der Waals surface area (Å²) in [4.78, 5) is 0. The van der Waals surface area contributed by atoms with E-state index >= 15 is 0 Å². The van der Waals surface area contributed by atoms with E-state index in [1.165, 1.54) is 18.3 Å². The van der Waals surface area contributed by atoms with Crippen LogP contribution in [0.15, 0.2) is 52.7 Å². The van der Waals surface area contributed by atoms with Crippen molar-refractivity contribution in [2.45, 2.75) is 6.61 Å². The van der Waals surface area contributed by atoms with Gasteiger partial charge in [-0.25, -0.2) is 4.39 Å². The molecule has 0 spiro atoms. The molecule has 0 aliphatic rings. The summed E-state index contributed by atoms with van der Waals surface area (Å²) in [6.45, 7) is 0.0876. The predicted octanol–water partition coefficient (Wildman–Crippen LogP) is 2.15. The number of guanidine groups is 1. The van der Waals surface area contributed by atoms with E-state index in [2.05, 4.69) is 10.2 Å². The highest BCUT2D eigenvalue weighted by Gasteiger charge is 2.08. The molecule has 0 bridgehead atoms. The average Bonchev–Trinajstić information content (AvgIpc) is 2.49. The third-order valence-corrected chi connectivity index (χ3v) is 2.64. The molecule has 22 heavy (non-hydrogen) atoms. The van der Waals surface area contributed by atoms with E-state index in [9.17, 15) is 8.78 Å². The molecule has 0 aliphatic heterocycles. The first-order valence-electron chi connectivity index (χ1n) is 6.34. The van der Waals surface area contributed by atoms with Gasteiger partial charge in [0.2, 0.25) is 11.8 Å². The van der Waals surface area contributed by atoms with Crippen LogP contribution >= 0.6 is 0 Å². The molecule has 0 unspecified atom stereocenters. The number of hydrogen-bond acceptors (Lipinski definition) is 3. The second-order valence-electron chi connectivity index (χ2n) is 4.36. The number of nitrogens with zero attached hydrogens (tertiary/aromatic N) is 2.